The van der Waals surface area contributed by atoms with E-state index in [1.165, 1.54) is 5.56 Å². The first kappa shape index (κ1) is 20.5. The Labute approximate surface area is 161 Å². The van der Waals surface area contributed by atoms with Crippen molar-refractivity contribution in [3.05, 3.63) is 64.7 Å². The van der Waals surface area contributed by atoms with Gasteiger partial charge in [0.1, 0.15) is 5.75 Å². The summed E-state index contributed by atoms with van der Waals surface area (Å²) >= 11 is 0. The SMILES string of the molecule is Cc1ccc(OCC(=O)NCCNC(=O)c2ccc(C(C)C)cc2)c(C)c1. The number of hydrogen-bond donors (Lipinski definition) is 2. The summed E-state index contributed by atoms with van der Waals surface area (Å²) in [5, 5.41) is 5.53. The molecular formula is C22H28N2O3. The summed E-state index contributed by atoms with van der Waals surface area (Å²) in [5.41, 5.74) is 3.96. The largest absolute Gasteiger partial charge is 0.484 e. The van der Waals surface area contributed by atoms with Crippen LogP contribution < -0.4 is 15.4 Å². The number of aryl methyl sites for hydroxylation is 2. The van der Waals surface area contributed by atoms with Crippen molar-refractivity contribution in [3.63, 3.8) is 0 Å². The van der Waals surface area contributed by atoms with Gasteiger partial charge in [-0.2, -0.15) is 0 Å². The molecule has 0 aromatic heterocycles. The van der Waals surface area contributed by atoms with E-state index in [-0.39, 0.29) is 18.4 Å². The van der Waals surface area contributed by atoms with Crippen LogP contribution in [-0.4, -0.2) is 31.5 Å². The lowest BCUT2D eigenvalue weighted by molar-refractivity contribution is -0.123. The summed E-state index contributed by atoms with van der Waals surface area (Å²) in [6.07, 6.45) is 0. The number of rotatable bonds is 8. The number of amides is 2. The normalized spacial score (nSPS) is 10.6. The fourth-order valence-electron chi connectivity index (χ4n) is 2.66. The minimum absolute atomic E-state index is 0.0471. The Kier molecular flexibility index (Phi) is 7.41. The van der Waals surface area contributed by atoms with E-state index in [9.17, 15) is 9.59 Å². The molecule has 144 valence electrons. The second-order valence-electron chi connectivity index (χ2n) is 6.94. The van der Waals surface area contributed by atoms with E-state index in [1.54, 1.807) is 0 Å². The third-order valence-electron chi connectivity index (χ3n) is 4.26. The lowest BCUT2D eigenvalue weighted by Crippen LogP contribution is -2.36. The maximum atomic E-state index is 12.1. The second-order valence-corrected chi connectivity index (χ2v) is 6.94. The predicted octanol–water partition coefficient (Wildman–Crippen LogP) is 3.35. The topological polar surface area (TPSA) is 67.4 Å². The minimum atomic E-state index is -0.217. The first-order chi connectivity index (χ1) is 12.9. The van der Waals surface area contributed by atoms with E-state index >= 15 is 0 Å². The number of nitrogens with one attached hydrogen (secondary N) is 2. The molecule has 0 aliphatic heterocycles. The summed E-state index contributed by atoms with van der Waals surface area (Å²) in [6.45, 7) is 8.85. The Morgan fingerprint density at radius 1 is 0.963 bits per heavy atom. The average molecular weight is 368 g/mol. The van der Waals surface area contributed by atoms with Crippen molar-refractivity contribution < 1.29 is 14.3 Å². The molecule has 2 aromatic rings. The molecule has 0 aliphatic carbocycles. The molecule has 0 saturated carbocycles. The predicted molar refractivity (Wildman–Crippen MR) is 107 cm³/mol. The zero-order valence-electron chi connectivity index (χ0n) is 16.5. The van der Waals surface area contributed by atoms with Crippen molar-refractivity contribution in [2.24, 2.45) is 0 Å². The molecule has 0 bridgehead atoms. The quantitative estimate of drug-likeness (QED) is 0.702. The van der Waals surface area contributed by atoms with Gasteiger partial charge in [0.25, 0.3) is 11.8 Å². The second kappa shape index (κ2) is 9.76. The van der Waals surface area contributed by atoms with Crippen LogP contribution in [0, 0.1) is 13.8 Å². The van der Waals surface area contributed by atoms with Crippen LogP contribution in [0.1, 0.15) is 46.8 Å². The van der Waals surface area contributed by atoms with Gasteiger partial charge in [0, 0.05) is 18.7 Å². The van der Waals surface area contributed by atoms with E-state index in [2.05, 4.69) is 24.5 Å². The lowest BCUT2D eigenvalue weighted by Gasteiger charge is -2.11. The molecule has 0 fully saturated rings. The van der Waals surface area contributed by atoms with Gasteiger partial charge in [0.15, 0.2) is 6.61 Å². The highest BCUT2D eigenvalue weighted by atomic mass is 16.5. The Balaban J connectivity index is 1.68. The molecule has 0 atom stereocenters. The fourth-order valence-corrected chi connectivity index (χ4v) is 2.66. The van der Waals surface area contributed by atoms with Crippen molar-refractivity contribution >= 4 is 11.8 Å². The van der Waals surface area contributed by atoms with Crippen molar-refractivity contribution in [2.45, 2.75) is 33.6 Å². The van der Waals surface area contributed by atoms with Gasteiger partial charge in [-0.15, -0.1) is 0 Å². The van der Waals surface area contributed by atoms with Crippen LogP contribution in [0.3, 0.4) is 0 Å². The first-order valence-electron chi connectivity index (χ1n) is 9.21. The molecular weight excluding hydrogens is 340 g/mol. The molecule has 0 heterocycles. The molecule has 2 rings (SSSR count). The highest BCUT2D eigenvalue weighted by molar-refractivity contribution is 5.94. The maximum Gasteiger partial charge on any atom is 0.258 e. The molecule has 0 saturated heterocycles. The van der Waals surface area contributed by atoms with Gasteiger partial charge in [-0.25, -0.2) is 0 Å². The van der Waals surface area contributed by atoms with Gasteiger partial charge in [0.2, 0.25) is 0 Å². The Bertz CT molecular complexity index is 783. The molecule has 5 heteroatoms. The van der Waals surface area contributed by atoms with E-state index < -0.39 is 0 Å². The Morgan fingerprint density at radius 2 is 1.63 bits per heavy atom. The number of carbonyl (C=O) groups excluding carboxylic acids is 2. The minimum Gasteiger partial charge on any atom is -0.484 e. The number of hydrogen-bond acceptors (Lipinski definition) is 3. The standard InChI is InChI=1S/C22H28N2O3/c1-15(2)18-6-8-19(9-7-18)22(26)24-12-11-23-21(25)14-27-20-10-5-16(3)13-17(20)4/h5-10,13,15H,11-12,14H2,1-4H3,(H,23,25)(H,24,26). The first-order valence-corrected chi connectivity index (χ1v) is 9.21. The Morgan fingerprint density at radius 3 is 2.26 bits per heavy atom. The van der Waals surface area contributed by atoms with Crippen molar-refractivity contribution in [3.8, 4) is 5.75 Å². The number of benzene rings is 2. The Hall–Kier alpha value is -2.82. The average Bonchev–Trinajstić information content (AvgIpc) is 2.64. The third kappa shape index (κ3) is 6.44. The van der Waals surface area contributed by atoms with Crippen LogP contribution in [0.15, 0.2) is 42.5 Å². The molecule has 0 spiro atoms. The smallest absolute Gasteiger partial charge is 0.258 e. The zero-order valence-corrected chi connectivity index (χ0v) is 16.5. The summed E-state index contributed by atoms with van der Waals surface area (Å²) in [7, 11) is 0. The van der Waals surface area contributed by atoms with Gasteiger partial charge in [0.05, 0.1) is 0 Å². The van der Waals surface area contributed by atoms with Crippen LogP contribution in [0.2, 0.25) is 0 Å². The van der Waals surface area contributed by atoms with Crippen molar-refractivity contribution in [2.75, 3.05) is 19.7 Å². The number of carbonyl (C=O) groups is 2. The molecule has 2 aromatic carbocycles. The monoisotopic (exact) mass is 368 g/mol. The molecule has 2 N–H and O–H groups in total. The van der Waals surface area contributed by atoms with Crippen molar-refractivity contribution in [1.82, 2.24) is 10.6 Å². The third-order valence-corrected chi connectivity index (χ3v) is 4.26. The molecule has 0 aliphatic rings. The summed E-state index contributed by atoms with van der Waals surface area (Å²) in [6, 6.07) is 13.4. The van der Waals surface area contributed by atoms with Crippen molar-refractivity contribution in [1.29, 1.82) is 0 Å². The van der Waals surface area contributed by atoms with Crippen LogP contribution in [0.4, 0.5) is 0 Å². The zero-order chi connectivity index (χ0) is 19.8. The van der Waals surface area contributed by atoms with Gasteiger partial charge in [-0.1, -0.05) is 43.7 Å². The summed E-state index contributed by atoms with van der Waals surface area (Å²) in [5.74, 6) is 0.772. The van der Waals surface area contributed by atoms with E-state index in [0.29, 0.717) is 30.3 Å². The highest BCUT2D eigenvalue weighted by Gasteiger charge is 2.07. The maximum absolute atomic E-state index is 12.1. The molecule has 5 nitrogen and oxygen atoms in total. The molecule has 27 heavy (non-hydrogen) atoms. The summed E-state index contributed by atoms with van der Waals surface area (Å²) < 4.78 is 5.53. The van der Waals surface area contributed by atoms with Gasteiger partial charge in [-0.05, 0) is 49.1 Å². The van der Waals surface area contributed by atoms with E-state index in [4.69, 9.17) is 4.74 Å². The molecule has 0 radical (unpaired) electrons. The van der Waals surface area contributed by atoms with Crippen LogP contribution >= 0.6 is 0 Å². The van der Waals surface area contributed by atoms with Crippen LogP contribution in [0.25, 0.3) is 0 Å². The van der Waals surface area contributed by atoms with Crippen LogP contribution in [-0.2, 0) is 4.79 Å². The highest BCUT2D eigenvalue weighted by Crippen LogP contribution is 2.18. The lowest BCUT2D eigenvalue weighted by atomic mass is 10.0. The molecule has 0 unspecified atom stereocenters. The van der Waals surface area contributed by atoms with E-state index in [0.717, 1.165) is 11.1 Å². The van der Waals surface area contributed by atoms with Gasteiger partial charge < -0.3 is 15.4 Å². The van der Waals surface area contributed by atoms with Gasteiger partial charge in [-0.3, -0.25) is 9.59 Å². The van der Waals surface area contributed by atoms with Gasteiger partial charge >= 0.3 is 0 Å². The number of ether oxygens (including phenoxy) is 1. The van der Waals surface area contributed by atoms with Crippen LogP contribution in [0.5, 0.6) is 5.75 Å². The molecule has 2 amide bonds. The van der Waals surface area contributed by atoms with E-state index in [1.807, 2.05) is 56.3 Å². The fraction of sp³-hybridized carbons (Fsp3) is 0.364. The summed E-state index contributed by atoms with van der Waals surface area (Å²) in [4.78, 5) is 24.0.